The highest BCUT2D eigenvalue weighted by Gasteiger charge is 2.16. The summed E-state index contributed by atoms with van der Waals surface area (Å²) >= 11 is 0. The maximum Gasteiger partial charge on any atom is 0.0728 e. The summed E-state index contributed by atoms with van der Waals surface area (Å²) in [4.78, 5) is 0. The topological polar surface area (TPSA) is 17.0 Å². The van der Waals surface area contributed by atoms with Crippen LogP contribution in [0.25, 0.3) is 10.9 Å². The third kappa shape index (κ3) is 1.85. The van der Waals surface area contributed by atoms with Crippen molar-refractivity contribution in [2.24, 2.45) is 0 Å². The Morgan fingerprint density at radius 3 is 3.06 bits per heavy atom. The third-order valence-electron chi connectivity index (χ3n) is 4.14. The van der Waals surface area contributed by atoms with Gasteiger partial charge >= 0.3 is 0 Å². The SMILES string of the molecule is CCCCc1ccc2c(c1)c(C)c1n2CNCC1. The zero-order chi connectivity index (χ0) is 12.5. The molecule has 18 heavy (non-hydrogen) atoms. The van der Waals surface area contributed by atoms with E-state index in [-0.39, 0.29) is 0 Å². The van der Waals surface area contributed by atoms with Gasteiger partial charge in [-0.15, -0.1) is 0 Å². The predicted octanol–water partition coefficient (Wildman–Crippen LogP) is 3.40. The number of fused-ring (bicyclic) bond motifs is 3. The molecule has 2 aromatic rings. The number of hydrogen-bond donors (Lipinski definition) is 1. The standard InChI is InChI=1S/C16H22N2/c1-3-4-5-13-6-7-16-14(10-13)12(2)15-8-9-17-11-18(15)16/h6-7,10,17H,3-5,8-9,11H2,1-2H3. The van der Waals surface area contributed by atoms with E-state index in [1.54, 1.807) is 0 Å². The molecular weight excluding hydrogens is 220 g/mol. The quantitative estimate of drug-likeness (QED) is 0.873. The Morgan fingerprint density at radius 2 is 2.22 bits per heavy atom. The first kappa shape index (κ1) is 11.8. The van der Waals surface area contributed by atoms with E-state index in [0.29, 0.717) is 0 Å². The Kier molecular flexibility index (Phi) is 3.13. The van der Waals surface area contributed by atoms with Gasteiger partial charge in [0.15, 0.2) is 0 Å². The molecule has 1 N–H and O–H groups in total. The van der Waals surface area contributed by atoms with Gasteiger partial charge in [-0.1, -0.05) is 19.4 Å². The molecule has 0 amide bonds. The highest BCUT2D eigenvalue weighted by molar-refractivity contribution is 5.86. The molecule has 0 spiro atoms. The molecule has 0 atom stereocenters. The van der Waals surface area contributed by atoms with Crippen molar-refractivity contribution in [3.8, 4) is 0 Å². The first-order valence-corrected chi connectivity index (χ1v) is 7.12. The maximum atomic E-state index is 3.46. The van der Waals surface area contributed by atoms with Crippen LogP contribution < -0.4 is 5.32 Å². The fraction of sp³-hybridized carbons (Fsp3) is 0.500. The number of hydrogen-bond acceptors (Lipinski definition) is 1. The van der Waals surface area contributed by atoms with Crippen molar-refractivity contribution in [1.82, 2.24) is 9.88 Å². The van der Waals surface area contributed by atoms with E-state index < -0.39 is 0 Å². The van der Waals surface area contributed by atoms with E-state index in [2.05, 4.69) is 41.9 Å². The molecule has 0 bridgehead atoms. The second-order valence-corrected chi connectivity index (χ2v) is 5.36. The van der Waals surface area contributed by atoms with Crippen LogP contribution in [0.2, 0.25) is 0 Å². The van der Waals surface area contributed by atoms with Crippen LogP contribution >= 0.6 is 0 Å². The summed E-state index contributed by atoms with van der Waals surface area (Å²) in [6.45, 7) is 6.61. The van der Waals surface area contributed by atoms with E-state index in [4.69, 9.17) is 0 Å². The molecule has 1 aliphatic heterocycles. The number of unbranched alkanes of at least 4 members (excludes halogenated alkanes) is 1. The van der Waals surface area contributed by atoms with Crippen LogP contribution in [0.4, 0.5) is 0 Å². The molecule has 2 heterocycles. The summed E-state index contributed by atoms with van der Waals surface area (Å²) in [6, 6.07) is 7.02. The summed E-state index contributed by atoms with van der Waals surface area (Å²) < 4.78 is 2.44. The highest BCUT2D eigenvalue weighted by atomic mass is 15.1. The van der Waals surface area contributed by atoms with Crippen LogP contribution in [0.15, 0.2) is 18.2 Å². The number of nitrogens with one attached hydrogen (secondary N) is 1. The minimum absolute atomic E-state index is 0.966. The fourth-order valence-electron chi connectivity index (χ4n) is 3.06. The van der Waals surface area contributed by atoms with Crippen LogP contribution in [0.5, 0.6) is 0 Å². The van der Waals surface area contributed by atoms with E-state index >= 15 is 0 Å². The van der Waals surface area contributed by atoms with Crippen molar-refractivity contribution in [3.05, 3.63) is 35.0 Å². The molecular formula is C16H22N2. The molecule has 96 valence electrons. The van der Waals surface area contributed by atoms with Crippen molar-refractivity contribution < 1.29 is 0 Å². The fourth-order valence-corrected chi connectivity index (χ4v) is 3.06. The molecule has 0 radical (unpaired) electrons. The van der Waals surface area contributed by atoms with Gasteiger partial charge in [0.05, 0.1) is 6.67 Å². The van der Waals surface area contributed by atoms with Crippen LogP contribution in [-0.2, 0) is 19.5 Å². The number of rotatable bonds is 3. The Hall–Kier alpha value is -1.28. The van der Waals surface area contributed by atoms with Crippen LogP contribution in [0.1, 0.15) is 36.6 Å². The van der Waals surface area contributed by atoms with Crippen molar-refractivity contribution in [2.45, 2.75) is 46.2 Å². The van der Waals surface area contributed by atoms with Gasteiger partial charge in [-0.2, -0.15) is 0 Å². The number of benzene rings is 1. The Labute approximate surface area is 109 Å². The maximum absolute atomic E-state index is 3.46. The first-order chi connectivity index (χ1) is 8.81. The molecule has 2 heteroatoms. The third-order valence-corrected chi connectivity index (χ3v) is 4.14. The summed E-state index contributed by atoms with van der Waals surface area (Å²) in [5.41, 5.74) is 5.90. The van der Waals surface area contributed by atoms with Gasteiger partial charge in [0, 0.05) is 29.6 Å². The molecule has 2 nitrogen and oxygen atoms in total. The Morgan fingerprint density at radius 1 is 1.33 bits per heavy atom. The van der Waals surface area contributed by atoms with Crippen molar-refractivity contribution in [1.29, 1.82) is 0 Å². The van der Waals surface area contributed by atoms with Gasteiger partial charge in [-0.25, -0.2) is 0 Å². The lowest BCUT2D eigenvalue weighted by Gasteiger charge is -2.18. The van der Waals surface area contributed by atoms with Gasteiger partial charge in [-0.05, 0) is 43.0 Å². The van der Waals surface area contributed by atoms with Crippen molar-refractivity contribution in [2.75, 3.05) is 6.54 Å². The second-order valence-electron chi connectivity index (χ2n) is 5.36. The van der Waals surface area contributed by atoms with E-state index in [1.807, 2.05) is 0 Å². The van der Waals surface area contributed by atoms with Crippen LogP contribution in [-0.4, -0.2) is 11.1 Å². The van der Waals surface area contributed by atoms with Crippen molar-refractivity contribution >= 4 is 10.9 Å². The molecule has 0 fully saturated rings. The van der Waals surface area contributed by atoms with E-state index in [0.717, 1.165) is 19.6 Å². The van der Waals surface area contributed by atoms with Gasteiger partial charge in [-0.3, -0.25) is 5.32 Å². The lowest BCUT2D eigenvalue weighted by Crippen LogP contribution is -2.28. The zero-order valence-corrected chi connectivity index (χ0v) is 11.4. The average molecular weight is 242 g/mol. The molecule has 0 unspecified atom stereocenters. The van der Waals surface area contributed by atoms with Crippen LogP contribution in [0.3, 0.4) is 0 Å². The van der Waals surface area contributed by atoms with E-state index in [1.165, 1.54) is 47.0 Å². The Balaban J connectivity index is 2.08. The number of nitrogens with zero attached hydrogens (tertiary/aromatic N) is 1. The monoisotopic (exact) mass is 242 g/mol. The van der Waals surface area contributed by atoms with Gasteiger partial charge in [0.25, 0.3) is 0 Å². The minimum atomic E-state index is 0.966. The molecule has 3 rings (SSSR count). The Bertz CT molecular complexity index is 566. The lowest BCUT2D eigenvalue weighted by molar-refractivity contribution is 0.505. The van der Waals surface area contributed by atoms with Gasteiger partial charge in [0.1, 0.15) is 0 Å². The van der Waals surface area contributed by atoms with Crippen molar-refractivity contribution in [3.63, 3.8) is 0 Å². The minimum Gasteiger partial charge on any atom is -0.331 e. The predicted molar refractivity (Wildman–Crippen MR) is 77.0 cm³/mol. The lowest BCUT2D eigenvalue weighted by atomic mass is 10.0. The molecule has 0 saturated carbocycles. The normalized spacial score (nSPS) is 15.0. The van der Waals surface area contributed by atoms with Gasteiger partial charge in [0.2, 0.25) is 0 Å². The largest absolute Gasteiger partial charge is 0.331 e. The first-order valence-electron chi connectivity index (χ1n) is 7.12. The van der Waals surface area contributed by atoms with Gasteiger partial charge < -0.3 is 4.57 Å². The average Bonchev–Trinajstić information content (AvgIpc) is 2.71. The highest BCUT2D eigenvalue weighted by Crippen LogP contribution is 2.28. The zero-order valence-electron chi connectivity index (χ0n) is 11.4. The van der Waals surface area contributed by atoms with Crippen LogP contribution in [0, 0.1) is 6.92 Å². The summed E-state index contributed by atoms with van der Waals surface area (Å²) in [6.07, 6.45) is 4.93. The number of aromatic nitrogens is 1. The molecule has 0 saturated heterocycles. The summed E-state index contributed by atoms with van der Waals surface area (Å²) in [5, 5.41) is 4.92. The van der Waals surface area contributed by atoms with E-state index in [9.17, 15) is 0 Å². The molecule has 1 aromatic carbocycles. The molecule has 1 aliphatic rings. The molecule has 0 aliphatic carbocycles. The second kappa shape index (κ2) is 4.77. The molecule has 1 aromatic heterocycles. The smallest absolute Gasteiger partial charge is 0.0728 e. The summed E-state index contributed by atoms with van der Waals surface area (Å²) in [7, 11) is 0. The number of aryl methyl sites for hydroxylation is 2. The summed E-state index contributed by atoms with van der Waals surface area (Å²) in [5.74, 6) is 0.